The van der Waals surface area contributed by atoms with Crippen molar-refractivity contribution in [3.8, 4) is 0 Å². The van der Waals surface area contributed by atoms with Crippen molar-refractivity contribution in [2.24, 2.45) is 11.8 Å². The number of hydrogen-bond acceptors (Lipinski definition) is 3. The number of rotatable bonds is 4. The van der Waals surface area contributed by atoms with E-state index in [9.17, 15) is 13.5 Å². The normalized spacial score (nSPS) is 29.2. The fraction of sp³-hybridized carbons (Fsp3) is 1.00. The summed E-state index contributed by atoms with van der Waals surface area (Å²) in [6.45, 7) is 10.2. The van der Waals surface area contributed by atoms with Crippen LogP contribution in [0, 0.1) is 11.8 Å². The molecule has 108 valence electrons. The second-order valence-electron chi connectivity index (χ2n) is 6.27. The number of nitrogens with zero attached hydrogens (tertiary/aromatic N) is 1. The molecule has 18 heavy (non-hydrogen) atoms. The third-order valence-electron chi connectivity index (χ3n) is 3.61. The molecule has 1 rings (SSSR count). The van der Waals surface area contributed by atoms with E-state index in [1.54, 1.807) is 20.8 Å². The van der Waals surface area contributed by atoms with Crippen LogP contribution in [0.5, 0.6) is 0 Å². The van der Waals surface area contributed by atoms with E-state index in [2.05, 4.69) is 18.6 Å². The number of aliphatic hydroxyl groups is 1. The molecule has 0 amide bonds. The van der Waals surface area contributed by atoms with Gasteiger partial charge in [0.1, 0.15) is 0 Å². The van der Waals surface area contributed by atoms with E-state index < -0.39 is 21.9 Å². The minimum absolute atomic E-state index is 0.375. The molecule has 0 bridgehead atoms. The van der Waals surface area contributed by atoms with Crippen molar-refractivity contribution >= 4 is 10.2 Å². The first kappa shape index (κ1) is 15.9. The molecule has 3 atom stereocenters. The van der Waals surface area contributed by atoms with E-state index in [4.69, 9.17) is 0 Å². The molecule has 0 radical (unpaired) electrons. The van der Waals surface area contributed by atoms with Crippen LogP contribution >= 0.6 is 0 Å². The Morgan fingerprint density at radius 2 is 1.72 bits per heavy atom. The predicted octanol–water partition coefficient (Wildman–Crippen LogP) is 0.958. The van der Waals surface area contributed by atoms with Crippen molar-refractivity contribution < 1.29 is 13.5 Å². The van der Waals surface area contributed by atoms with Crippen molar-refractivity contribution in [2.45, 2.75) is 52.7 Å². The molecule has 0 aromatic rings. The van der Waals surface area contributed by atoms with Gasteiger partial charge in [-0.2, -0.15) is 17.4 Å². The van der Waals surface area contributed by atoms with Crippen LogP contribution in [0.25, 0.3) is 0 Å². The zero-order chi connectivity index (χ0) is 14.1. The molecule has 5 nitrogen and oxygen atoms in total. The summed E-state index contributed by atoms with van der Waals surface area (Å²) in [5.41, 5.74) is -0.858. The minimum atomic E-state index is -3.53. The lowest BCUT2D eigenvalue weighted by Crippen LogP contribution is -2.57. The lowest BCUT2D eigenvalue weighted by Gasteiger charge is -2.37. The average Bonchev–Trinajstić information content (AvgIpc) is 2.13. The molecule has 0 spiro atoms. The predicted molar refractivity (Wildman–Crippen MR) is 72.3 cm³/mol. The minimum Gasteiger partial charge on any atom is -0.391 e. The molecule has 6 heteroatoms. The van der Waals surface area contributed by atoms with E-state index in [0.29, 0.717) is 24.9 Å². The molecular weight excluding hydrogens is 252 g/mol. The van der Waals surface area contributed by atoms with Gasteiger partial charge in [0, 0.05) is 13.1 Å². The van der Waals surface area contributed by atoms with Crippen LogP contribution in [0.1, 0.15) is 41.0 Å². The first-order valence-electron chi connectivity index (χ1n) is 6.51. The Morgan fingerprint density at radius 1 is 1.28 bits per heavy atom. The van der Waals surface area contributed by atoms with E-state index >= 15 is 0 Å². The third kappa shape index (κ3) is 3.91. The van der Waals surface area contributed by atoms with Crippen LogP contribution in [0.4, 0.5) is 0 Å². The molecule has 2 N–H and O–H groups in total. The Labute approximate surface area is 111 Å². The van der Waals surface area contributed by atoms with E-state index in [-0.39, 0.29) is 0 Å². The van der Waals surface area contributed by atoms with Gasteiger partial charge in [-0.15, -0.1) is 0 Å². The summed E-state index contributed by atoms with van der Waals surface area (Å²) in [4.78, 5) is 0. The smallest absolute Gasteiger partial charge is 0.280 e. The lowest BCUT2D eigenvalue weighted by molar-refractivity contribution is 0.109. The van der Waals surface area contributed by atoms with Gasteiger partial charge in [0.2, 0.25) is 0 Å². The van der Waals surface area contributed by atoms with Crippen molar-refractivity contribution in [3.63, 3.8) is 0 Å². The van der Waals surface area contributed by atoms with Crippen LogP contribution in [-0.4, -0.2) is 42.6 Å². The van der Waals surface area contributed by atoms with Crippen LogP contribution in [-0.2, 0) is 10.2 Å². The summed E-state index contributed by atoms with van der Waals surface area (Å²) in [5.74, 6) is 0.750. The average molecular weight is 278 g/mol. The first-order valence-corrected chi connectivity index (χ1v) is 7.95. The number of nitrogens with one attached hydrogen (secondary N) is 1. The van der Waals surface area contributed by atoms with Gasteiger partial charge in [0.05, 0.1) is 11.6 Å². The van der Waals surface area contributed by atoms with Gasteiger partial charge in [0.25, 0.3) is 10.2 Å². The monoisotopic (exact) mass is 278 g/mol. The van der Waals surface area contributed by atoms with E-state index in [1.807, 2.05) is 0 Å². The zero-order valence-electron chi connectivity index (χ0n) is 12.0. The Morgan fingerprint density at radius 3 is 2.11 bits per heavy atom. The summed E-state index contributed by atoms with van der Waals surface area (Å²) < 4.78 is 28.7. The molecule has 3 unspecified atom stereocenters. The topological polar surface area (TPSA) is 69.6 Å². The van der Waals surface area contributed by atoms with E-state index in [1.165, 1.54) is 4.31 Å². The second kappa shape index (κ2) is 5.45. The maximum atomic E-state index is 12.3. The fourth-order valence-electron chi connectivity index (χ4n) is 2.28. The largest absolute Gasteiger partial charge is 0.391 e. The summed E-state index contributed by atoms with van der Waals surface area (Å²) in [7, 11) is -3.53. The van der Waals surface area contributed by atoms with Crippen molar-refractivity contribution in [1.82, 2.24) is 9.03 Å². The summed E-state index contributed by atoms with van der Waals surface area (Å²) in [6, 6.07) is 0. The van der Waals surface area contributed by atoms with Crippen LogP contribution in [0.15, 0.2) is 0 Å². The quantitative estimate of drug-likeness (QED) is 0.804. The molecule has 1 aliphatic heterocycles. The number of piperidine rings is 1. The summed E-state index contributed by atoms with van der Waals surface area (Å²) >= 11 is 0. The van der Waals surface area contributed by atoms with Gasteiger partial charge < -0.3 is 5.11 Å². The van der Waals surface area contributed by atoms with Crippen LogP contribution in [0.2, 0.25) is 0 Å². The lowest BCUT2D eigenvalue weighted by atomic mass is 9.94. The van der Waals surface area contributed by atoms with Gasteiger partial charge in [-0.1, -0.05) is 13.8 Å². The highest BCUT2D eigenvalue weighted by Crippen LogP contribution is 2.23. The molecular formula is C12H26N2O3S. The molecule has 0 aliphatic carbocycles. The molecule has 0 aromatic carbocycles. The highest BCUT2D eigenvalue weighted by molar-refractivity contribution is 7.87. The third-order valence-corrected chi connectivity index (χ3v) is 5.37. The van der Waals surface area contributed by atoms with Crippen LogP contribution in [0.3, 0.4) is 0 Å². The van der Waals surface area contributed by atoms with E-state index in [0.717, 1.165) is 6.42 Å². The Bertz CT molecular complexity index is 369. The Balaban J connectivity index is 2.81. The summed E-state index contributed by atoms with van der Waals surface area (Å²) in [6.07, 6.45) is 0.318. The van der Waals surface area contributed by atoms with Gasteiger partial charge in [0.15, 0.2) is 0 Å². The molecule has 0 aromatic heterocycles. The second-order valence-corrected chi connectivity index (χ2v) is 7.94. The first-order chi connectivity index (χ1) is 8.04. The van der Waals surface area contributed by atoms with Gasteiger partial charge in [-0.25, -0.2) is 0 Å². The van der Waals surface area contributed by atoms with Gasteiger partial charge in [-0.3, -0.25) is 0 Å². The maximum Gasteiger partial charge on any atom is 0.280 e. The van der Waals surface area contributed by atoms with Gasteiger partial charge in [-0.05, 0) is 39.0 Å². The van der Waals surface area contributed by atoms with Gasteiger partial charge >= 0.3 is 0 Å². The van der Waals surface area contributed by atoms with Crippen molar-refractivity contribution in [2.75, 3.05) is 13.1 Å². The standard InChI is InChI=1S/C12H26N2O3S/c1-9-6-10(2)8-14(7-9)18(16,17)13-12(4,5)11(3)15/h9-11,13,15H,6-8H2,1-5H3. The fourth-order valence-corrected chi connectivity index (χ4v) is 4.15. The SMILES string of the molecule is CC1CC(C)CN(S(=O)(=O)NC(C)(C)C(C)O)C1. The highest BCUT2D eigenvalue weighted by atomic mass is 32.2. The van der Waals surface area contributed by atoms with Crippen LogP contribution < -0.4 is 4.72 Å². The zero-order valence-corrected chi connectivity index (χ0v) is 12.8. The Kier molecular flexibility index (Phi) is 4.81. The summed E-state index contributed by atoms with van der Waals surface area (Å²) in [5, 5.41) is 9.60. The number of hydrogen-bond donors (Lipinski definition) is 2. The molecule has 1 heterocycles. The molecule has 1 aliphatic rings. The maximum absolute atomic E-state index is 12.3. The molecule has 1 saturated heterocycles. The Hall–Kier alpha value is -0.170. The van der Waals surface area contributed by atoms with Crippen molar-refractivity contribution in [1.29, 1.82) is 0 Å². The molecule has 1 fully saturated rings. The van der Waals surface area contributed by atoms with Crippen molar-refractivity contribution in [3.05, 3.63) is 0 Å². The molecule has 0 saturated carbocycles. The number of aliphatic hydroxyl groups excluding tert-OH is 1. The highest BCUT2D eigenvalue weighted by Gasteiger charge is 2.36.